The van der Waals surface area contributed by atoms with Gasteiger partial charge in [0.15, 0.2) is 0 Å². The lowest BCUT2D eigenvalue weighted by Gasteiger charge is -2.01. The highest BCUT2D eigenvalue weighted by atomic mass is 32.2. The topological polar surface area (TPSA) is 24.9 Å². The maximum absolute atomic E-state index is 12.9. The highest BCUT2D eigenvalue weighted by molar-refractivity contribution is 7.98. The largest absolute Gasteiger partial charge is 0.312 e. The number of aryl methyl sites for hydroxylation is 1. The van der Waals surface area contributed by atoms with E-state index in [4.69, 9.17) is 4.98 Å². The Bertz CT molecular complexity index is 552. The minimum atomic E-state index is -0.189. The minimum absolute atomic E-state index is 0.189. The zero-order chi connectivity index (χ0) is 15.1. The fourth-order valence-corrected chi connectivity index (χ4v) is 3.99. The summed E-state index contributed by atoms with van der Waals surface area (Å²) in [5.41, 5.74) is 1.21. The quantitative estimate of drug-likeness (QED) is 0.566. The zero-order valence-corrected chi connectivity index (χ0v) is 14.1. The molecule has 0 spiro atoms. The number of hydrogen-bond acceptors (Lipinski definition) is 4. The van der Waals surface area contributed by atoms with Gasteiger partial charge in [-0.05, 0) is 43.7 Å². The number of thiazole rings is 1. The van der Waals surface area contributed by atoms with E-state index in [0.29, 0.717) is 0 Å². The molecule has 2 nitrogen and oxygen atoms in total. The smallest absolute Gasteiger partial charge is 0.123 e. The first kappa shape index (κ1) is 16.5. The molecule has 114 valence electrons. The molecule has 0 radical (unpaired) electrons. The van der Waals surface area contributed by atoms with Crippen molar-refractivity contribution in [3.05, 3.63) is 45.7 Å². The lowest BCUT2D eigenvalue weighted by Crippen LogP contribution is -2.13. The summed E-state index contributed by atoms with van der Waals surface area (Å²) in [5.74, 6) is 0.656. The first-order chi connectivity index (χ1) is 10.2. The number of nitrogens with one attached hydrogen (secondary N) is 1. The summed E-state index contributed by atoms with van der Waals surface area (Å²) in [4.78, 5) is 7.15. The molecule has 0 fully saturated rings. The van der Waals surface area contributed by atoms with Crippen LogP contribution in [0.1, 0.15) is 35.8 Å². The van der Waals surface area contributed by atoms with E-state index in [2.05, 4.69) is 19.2 Å². The van der Waals surface area contributed by atoms with Crippen LogP contribution in [-0.4, -0.2) is 11.5 Å². The van der Waals surface area contributed by atoms with Gasteiger partial charge in [0.05, 0.1) is 11.4 Å². The molecule has 21 heavy (non-hydrogen) atoms. The third-order valence-electron chi connectivity index (χ3n) is 3.05. The van der Waals surface area contributed by atoms with E-state index in [1.165, 1.54) is 22.7 Å². The van der Waals surface area contributed by atoms with Crippen LogP contribution in [-0.2, 0) is 18.7 Å². The van der Waals surface area contributed by atoms with Crippen LogP contribution in [0.15, 0.2) is 29.2 Å². The van der Waals surface area contributed by atoms with Crippen LogP contribution in [0.3, 0.4) is 0 Å². The molecule has 1 heterocycles. The summed E-state index contributed by atoms with van der Waals surface area (Å²) in [5, 5.41) is 4.59. The SMILES string of the molecule is CCCNCc1sc(CSc2ccc(F)cc2)nc1CC. The van der Waals surface area contributed by atoms with Gasteiger partial charge < -0.3 is 5.32 Å². The first-order valence-corrected chi connectivity index (χ1v) is 9.09. The third kappa shape index (κ3) is 5.09. The predicted octanol–water partition coefficient (Wildman–Crippen LogP) is 4.64. The maximum atomic E-state index is 12.9. The standard InChI is InChI=1S/C16H21FN2S2/c1-3-9-18-10-15-14(4-2)19-16(21-15)11-20-13-7-5-12(17)6-8-13/h5-8,18H,3-4,9-11H2,1-2H3. The van der Waals surface area contributed by atoms with Crippen molar-refractivity contribution in [1.82, 2.24) is 10.3 Å². The van der Waals surface area contributed by atoms with Crippen molar-refractivity contribution in [2.75, 3.05) is 6.54 Å². The Hall–Kier alpha value is -0.910. The number of thioether (sulfide) groups is 1. The highest BCUT2D eigenvalue weighted by Gasteiger charge is 2.09. The van der Waals surface area contributed by atoms with Gasteiger partial charge in [0, 0.05) is 16.3 Å². The number of halogens is 1. The van der Waals surface area contributed by atoms with Crippen molar-refractivity contribution in [2.24, 2.45) is 0 Å². The molecule has 0 saturated carbocycles. The molecule has 0 bridgehead atoms. The van der Waals surface area contributed by atoms with Gasteiger partial charge >= 0.3 is 0 Å². The summed E-state index contributed by atoms with van der Waals surface area (Å²) < 4.78 is 12.9. The van der Waals surface area contributed by atoms with Crippen LogP contribution >= 0.6 is 23.1 Å². The van der Waals surface area contributed by atoms with E-state index >= 15 is 0 Å². The van der Waals surface area contributed by atoms with Crippen LogP contribution < -0.4 is 5.32 Å². The van der Waals surface area contributed by atoms with Gasteiger partial charge in [0.1, 0.15) is 10.8 Å². The van der Waals surface area contributed by atoms with Crippen LogP contribution in [0.5, 0.6) is 0 Å². The molecule has 1 aromatic carbocycles. The second kappa shape index (κ2) is 8.51. The second-order valence-electron chi connectivity index (χ2n) is 4.75. The molecule has 1 aromatic heterocycles. The van der Waals surface area contributed by atoms with Gasteiger partial charge in [-0.25, -0.2) is 9.37 Å². The lowest BCUT2D eigenvalue weighted by atomic mass is 10.3. The monoisotopic (exact) mass is 324 g/mol. The van der Waals surface area contributed by atoms with E-state index in [9.17, 15) is 4.39 Å². The molecule has 0 amide bonds. The van der Waals surface area contributed by atoms with Gasteiger partial charge in [-0.15, -0.1) is 23.1 Å². The average molecular weight is 324 g/mol. The molecule has 0 saturated heterocycles. The summed E-state index contributed by atoms with van der Waals surface area (Å²) in [6, 6.07) is 6.64. The van der Waals surface area contributed by atoms with Crippen molar-refractivity contribution >= 4 is 23.1 Å². The van der Waals surface area contributed by atoms with E-state index in [-0.39, 0.29) is 5.82 Å². The van der Waals surface area contributed by atoms with Gasteiger partial charge in [-0.3, -0.25) is 0 Å². The van der Waals surface area contributed by atoms with Crippen molar-refractivity contribution in [3.63, 3.8) is 0 Å². The Labute approximate surface area is 134 Å². The number of benzene rings is 1. The first-order valence-electron chi connectivity index (χ1n) is 7.29. The van der Waals surface area contributed by atoms with Crippen LogP contribution in [0.2, 0.25) is 0 Å². The van der Waals surface area contributed by atoms with E-state index in [1.807, 2.05) is 12.1 Å². The Morgan fingerprint density at radius 2 is 2.00 bits per heavy atom. The summed E-state index contributed by atoms with van der Waals surface area (Å²) in [6.45, 7) is 6.27. The fraction of sp³-hybridized carbons (Fsp3) is 0.438. The number of rotatable bonds is 8. The van der Waals surface area contributed by atoms with Crippen molar-refractivity contribution in [2.45, 2.75) is 43.9 Å². The third-order valence-corrected chi connectivity index (χ3v) is 5.35. The number of hydrogen-bond donors (Lipinski definition) is 1. The van der Waals surface area contributed by atoms with Crippen LogP contribution in [0.25, 0.3) is 0 Å². The Morgan fingerprint density at radius 1 is 1.24 bits per heavy atom. The highest BCUT2D eigenvalue weighted by Crippen LogP contribution is 2.27. The van der Waals surface area contributed by atoms with Crippen molar-refractivity contribution in [3.8, 4) is 0 Å². The molecule has 2 rings (SSSR count). The molecule has 5 heteroatoms. The normalized spacial score (nSPS) is 11.0. The zero-order valence-electron chi connectivity index (χ0n) is 12.5. The van der Waals surface area contributed by atoms with Gasteiger partial charge in [-0.1, -0.05) is 13.8 Å². The molecular formula is C16H21FN2S2. The molecule has 0 unspecified atom stereocenters. The van der Waals surface area contributed by atoms with Crippen molar-refractivity contribution in [1.29, 1.82) is 0 Å². The van der Waals surface area contributed by atoms with Gasteiger partial charge in [0.25, 0.3) is 0 Å². The van der Waals surface area contributed by atoms with E-state index in [1.54, 1.807) is 23.1 Å². The minimum Gasteiger partial charge on any atom is -0.312 e. The van der Waals surface area contributed by atoms with Crippen molar-refractivity contribution < 1.29 is 4.39 Å². The summed E-state index contributed by atoms with van der Waals surface area (Å²) >= 11 is 3.49. The second-order valence-corrected chi connectivity index (χ2v) is 6.97. The molecule has 1 N–H and O–H groups in total. The van der Waals surface area contributed by atoms with Crippen LogP contribution in [0.4, 0.5) is 4.39 Å². The molecule has 0 atom stereocenters. The maximum Gasteiger partial charge on any atom is 0.123 e. The van der Waals surface area contributed by atoms with Crippen LogP contribution in [0, 0.1) is 5.82 Å². The summed E-state index contributed by atoms with van der Waals surface area (Å²) in [7, 11) is 0. The molecular weight excluding hydrogens is 303 g/mol. The number of aromatic nitrogens is 1. The Morgan fingerprint density at radius 3 is 2.67 bits per heavy atom. The van der Waals surface area contributed by atoms with E-state index < -0.39 is 0 Å². The Kier molecular flexibility index (Phi) is 6.67. The molecule has 0 aliphatic rings. The predicted molar refractivity (Wildman–Crippen MR) is 89.5 cm³/mol. The molecule has 2 aromatic rings. The van der Waals surface area contributed by atoms with E-state index in [0.717, 1.165) is 41.6 Å². The lowest BCUT2D eigenvalue weighted by molar-refractivity contribution is 0.626. The molecule has 0 aliphatic carbocycles. The Balaban J connectivity index is 1.95. The molecule has 0 aliphatic heterocycles. The fourth-order valence-electron chi connectivity index (χ4n) is 1.97. The number of nitrogens with zero attached hydrogens (tertiary/aromatic N) is 1. The van der Waals surface area contributed by atoms with Gasteiger partial charge in [-0.2, -0.15) is 0 Å². The van der Waals surface area contributed by atoms with Gasteiger partial charge in [0.2, 0.25) is 0 Å². The summed E-state index contributed by atoms with van der Waals surface area (Å²) in [6.07, 6.45) is 2.12. The average Bonchev–Trinajstić information content (AvgIpc) is 2.89.